The first-order chi connectivity index (χ1) is 8.90. The molecule has 0 bridgehead atoms. The quantitative estimate of drug-likeness (QED) is 0.830. The number of amides is 1. The van der Waals surface area contributed by atoms with Crippen molar-refractivity contribution in [2.45, 2.75) is 39.3 Å². The van der Waals surface area contributed by atoms with Crippen LogP contribution in [0, 0.1) is 11.6 Å². The van der Waals surface area contributed by atoms with E-state index in [1.54, 1.807) is 6.92 Å². The molecular formula is C14H20F2N2O. The fourth-order valence-electron chi connectivity index (χ4n) is 1.71. The molecule has 0 heterocycles. The van der Waals surface area contributed by atoms with Crippen LogP contribution in [-0.4, -0.2) is 24.5 Å². The molecule has 0 spiro atoms. The molecule has 0 aliphatic carbocycles. The van der Waals surface area contributed by atoms with Crippen molar-refractivity contribution in [2.24, 2.45) is 0 Å². The Hall–Kier alpha value is -1.49. The number of carbonyl (C=O) groups is 1. The van der Waals surface area contributed by atoms with Crippen LogP contribution < -0.4 is 10.6 Å². The minimum absolute atomic E-state index is 0.00659. The lowest BCUT2D eigenvalue weighted by Crippen LogP contribution is -2.41. The van der Waals surface area contributed by atoms with Crippen molar-refractivity contribution in [1.29, 1.82) is 0 Å². The Kier molecular flexibility index (Phi) is 5.89. The summed E-state index contributed by atoms with van der Waals surface area (Å²) in [6.45, 7) is 5.79. The normalized spacial score (nSPS) is 12.5. The van der Waals surface area contributed by atoms with Gasteiger partial charge in [0.05, 0.1) is 6.54 Å². The van der Waals surface area contributed by atoms with E-state index in [4.69, 9.17) is 0 Å². The van der Waals surface area contributed by atoms with E-state index in [2.05, 4.69) is 10.6 Å². The molecule has 1 unspecified atom stereocenters. The van der Waals surface area contributed by atoms with E-state index in [0.29, 0.717) is 0 Å². The largest absolute Gasteiger partial charge is 0.352 e. The van der Waals surface area contributed by atoms with Crippen molar-refractivity contribution in [1.82, 2.24) is 10.6 Å². The second-order valence-electron chi connectivity index (χ2n) is 4.91. The smallest absolute Gasteiger partial charge is 0.234 e. The highest BCUT2D eigenvalue weighted by molar-refractivity contribution is 5.78. The minimum Gasteiger partial charge on any atom is -0.352 e. The van der Waals surface area contributed by atoms with Crippen LogP contribution in [0.5, 0.6) is 0 Å². The van der Waals surface area contributed by atoms with Gasteiger partial charge in [-0.2, -0.15) is 0 Å². The van der Waals surface area contributed by atoms with Crippen molar-refractivity contribution in [3.63, 3.8) is 0 Å². The third-order valence-corrected chi connectivity index (χ3v) is 2.65. The predicted molar refractivity (Wildman–Crippen MR) is 70.8 cm³/mol. The van der Waals surface area contributed by atoms with E-state index in [0.717, 1.165) is 0 Å². The van der Waals surface area contributed by atoms with E-state index < -0.39 is 11.6 Å². The number of benzene rings is 1. The van der Waals surface area contributed by atoms with Gasteiger partial charge in [-0.3, -0.25) is 4.79 Å². The van der Waals surface area contributed by atoms with Crippen LogP contribution in [-0.2, 0) is 11.2 Å². The summed E-state index contributed by atoms with van der Waals surface area (Å²) >= 11 is 0. The fourth-order valence-corrected chi connectivity index (χ4v) is 1.71. The Morgan fingerprint density at radius 1 is 1.21 bits per heavy atom. The van der Waals surface area contributed by atoms with E-state index >= 15 is 0 Å². The monoisotopic (exact) mass is 270 g/mol. The molecule has 1 amide bonds. The van der Waals surface area contributed by atoms with Crippen molar-refractivity contribution in [3.8, 4) is 0 Å². The Labute approximate surface area is 112 Å². The third-order valence-electron chi connectivity index (χ3n) is 2.65. The Morgan fingerprint density at radius 2 is 1.79 bits per heavy atom. The maximum absolute atomic E-state index is 13.4. The van der Waals surface area contributed by atoms with Gasteiger partial charge >= 0.3 is 0 Å². The topological polar surface area (TPSA) is 41.1 Å². The lowest BCUT2D eigenvalue weighted by atomic mass is 10.1. The van der Waals surface area contributed by atoms with E-state index in [9.17, 15) is 13.6 Å². The first kappa shape index (κ1) is 15.6. The molecule has 3 nitrogen and oxygen atoms in total. The number of halogens is 2. The molecule has 19 heavy (non-hydrogen) atoms. The Bertz CT molecular complexity index is 415. The number of hydrogen-bond acceptors (Lipinski definition) is 2. The molecule has 1 rings (SSSR count). The summed E-state index contributed by atoms with van der Waals surface area (Å²) in [5, 5.41) is 5.68. The van der Waals surface area contributed by atoms with Crippen LogP contribution >= 0.6 is 0 Å². The van der Waals surface area contributed by atoms with Gasteiger partial charge < -0.3 is 10.6 Å². The van der Waals surface area contributed by atoms with Gasteiger partial charge in [0, 0.05) is 17.6 Å². The zero-order valence-electron chi connectivity index (χ0n) is 11.5. The first-order valence-electron chi connectivity index (χ1n) is 6.35. The van der Waals surface area contributed by atoms with Crippen LogP contribution in [0.4, 0.5) is 8.78 Å². The lowest BCUT2D eigenvalue weighted by molar-refractivity contribution is -0.120. The zero-order valence-corrected chi connectivity index (χ0v) is 11.5. The summed E-state index contributed by atoms with van der Waals surface area (Å²) in [7, 11) is 0. The predicted octanol–water partition coefficient (Wildman–Crippen LogP) is 2.01. The van der Waals surface area contributed by atoms with Gasteiger partial charge in [-0.15, -0.1) is 0 Å². The maximum atomic E-state index is 13.4. The maximum Gasteiger partial charge on any atom is 0.234 e. The average molecular weight is 270 g/mol. The highest BCUT2D eigenvalue weighted by Crippen LogP contribution is 2.13. The van der Waals surface area contributed by atoms with Crippen LogP contribution in [0.15, 0.2) is 18.2 Å². The molecule has 0 radical (unpaired) electrons. The highest BCUT2D eigenvalue weighted by atomic mass is 19.1. The van der Waals surface area contributed by atoms with Crippen LogP contribution in [0.2, 0.25) is 0 Å². The molecule has 1 atom stereocenters. The van der Waals surface area contributed by atoms with Gasteiger partial charge in [0.25, 0.3) is 0 Å². The van der Waals surface area contributed by atoms with Gasteiger partial charge in [-0.25, -0.2) is 8.78 Å². The number of nitrogens with one attached hydrogen (secondary N) is 2. The zero-order chi connectivity index (χ0) is 14.4. The highest BCUT2D eigenvalue weighted by Gasteiger charge is 2.14. The first-order valence-corrected chi connectivity index (χ1v) is 6.35. The molecule has 0 fully saturated rings. The van der Waals surface area contributed by atoms with Crippen molar-refractivity contribution >= 4 is 5.91 Å². The summed E-state index contributed by atoms with van der Waals surface area (Å²) in [5.41, 5.74) is 0.00659. The second-order valence-corrected chi connectivity index (χ2v) is 4.91. The van der Waals surface area contributed by atoms with Crippen molar-refractivity contribution in [3.05, 3.63) is 35.4 Å². The Morgan fingerprint density at radius 3 is 2.32 bits per heavy atom. The summed E-state index contributed by atoms with van der Waals surface area (Å²) in [6, 6.07) is 3.64. The summed E-state index contributed by atoms with van der Waals surface area (Å²) in [4.78, 5) is 11.6. The summed E-state index contributed by atoms with van der Waals surface area (Å²) < 4.78 is 26.9. The molecule has 0 aliphatic heterocycles. The molecule has 1 aromatic rings. The Balaban J connectivity index is 2.51. The van der Waals surface area contributed by atoms with Crippen LogP contribution in [0.3, 0.4) is 0 Å². The van der Waals surface area contributed by atoms with Gasteiger partial charge in [0.15, 0.2) is 0 Å². The lowest BCUT2D eigenvalue weighted by Gasteiger charge is -2.16. The van der Waals surface area contributed by atoms with E-state index in [1.807, 2.05) is 13.8 Å². The molecule has 106 valence electrons. The van der Waals surface area contributed by atoms with E-state index in [-0.39, 0.29) is 36.5 Å². The van der Waals surface area contributed by atoms with Crippen molar-refractivity contribution < 1.29 is 13.6 Å². The van der Waals surface area contributed by atoms with Gasteiger partial charge in [0.2, 0.25) is 5.91 Å². The minimum atomic E-state index is -0.582. The average Bonchev–Trinajstić information content (AvgIpc) is 2.31. The van der Waals surface area contributed by atoms with Crippen molar-refractivity contribution in [2.75, 3.05) is 6.54 Å². The molecule has 0 aromatic heterocycles. The molecule has 0 aliphatic rings. The molecule has 0 saturated carbocycles. The second kappa shape index (κ2) is 7.19. The number of rotatable bonds is 6. The number of hydrogen-bond donors (Lipinski definition) is 2. The summed E-state index contributed by atoms with van der Waals surface area (Å²) in [6.07, 6.45) is 0.131. The molecule has 0 saturated heterocycles. The number of carbonyl (C=O) groups excluding carboxylic acids is 1. The van der Waals surface area contributed by atoms with Gasteiger partial charge in [-0.1, -0.05) is 19.9 Å². The fraction of sp³-hybridized carbons (Fsp3) is 0.500. The molecular weight excluding hydrogens is 250 g/mol. The van der Waals surface area contributed by atoms with Crippen LogP contribution in [0.25, 0.3) is 0 Å². The van der Waals surface area contributed by atoms with E-state index in [1.165, 1.54) is 18.2 Å². The SMILES string of the molecule is CC(C)NCC(=O)NC(C)Cc1c(F)cccc1F. The molecule has 1 aromatic carbocycles. The van der Waals surface area contributed by atoms with Crippen LogP contribution in [0.1, 0.15) is 26.3 Å². The molecule has 2 N–H and O–H groups in total. The van der Waals surface area contributed by atoms with Gasteiger partial charge in [-0.05, 0) is 25.5 Å². The molecule has 5 heteroatoms. The standard InChI is InChI=1S/C14H20F2N2O/c1-9(2)17-8-14(19)18-10(3)7-11-12(15)5-4-6-13(11)16/h4-6,9-10,17H,7-8H2,1-3H3,(H,18,19). The van der Waals surface area contributed by atoms with Gasteiger partial charge in [0.1, 0.15) is 11.6 Å². The summed E-state index contributed by atoms with van der Waals surface area (Å²) in [5.74, 6) is -1.35. The third kappa shape index (κ3) is 5.34.